The predicted molar refractivity (Wildman–Crippen MR) is 74.2 cm³/mol. The minimum atomic E-state index is -1.13. The number of aryl methyl sites for hydroxylation is 2. The lowest BCUT2D eigenvalue weighted by molar-refractivity contribution is -0.179. The molecule has 1 aromatic carbocycles. The molecule has 0 aromatic heterocycles. The summed E-state index contributed by atoms with van der Waals surface area (Å²) >= 11 is 0. The molecule has 0 bridgehead atoms. The molecular weight excluding hydrogens is 250 g/mol. The minimum absolute atomic E-state index is 0. The van der Waals surface area contributed by atoms with Crippen LogP contribution in [0.2, 0.25) is 0 Å². The number of nitriles is 1. The van der Waals surface area contributed by atoms with Crippen LogP contribution in [0.3, 0.4) is 0 Å². The van der Waals surface area contributed by atoms with Crippen LogP contribution in [0.4, 0.5) is 0 Å². The Bertz CT molecular complexity index is 378. The second-order valence-corrected chi connectivity index (χ2v) is 3.89. The van der Waals surface area contributed by atoms with E-state index in [-0.39, 0.29) is 20.0 Å². The van der Waals surface area contributed by atoms with E-state index in [1.165, 1.54) is 31.2 Å². The molecule has 0 amide bonds. The first-order chi connectivity index (χ1) is 7.93. The first-order valence-electron chi connectivity index (χ1n) is 5.13. The van der Waals surface area contributed by atoms with Crippen molar-refractivity contribution in [3.8, 4) is 6.26 Å². The molecule has 0 saturated carbocycles. The molecule has 0 spiro atoms. The van der Waals surface area contributed by atoms with Gasteiger partial charge in [-0.05, 0) is 25.0 Å². The Morgan fingerprint density at radius 2 is 1.67 bits per heavy atom. The fourth-order valence-corrected chi connectivity index (χ4v) is 0.913. The molecular formula is C13H19NO3S. The molecule has 0 unspecified atom stereocenters. The standard InChI is InChI=1S/C8H10.C5H7NO3.H2S/c1-7-5-3-4-6-8(7)2;1-5(2,8-3-6)9-4-7;/h3-6H,1-2H3;4H,1-2H3;1H2. The smallest absolute Gasteiger partial charge is 0.296 e. The largest absolute Gasteiger partial charge is 0.424 e. The van der Waals surface area contributed by atoms with Crippen LogP contribution in [-0.4, -0.2) is 12.3 Å². The molecule has 1 rings (SSSR count). The van der Waals surface area contributed by atoms with Crippen molar-refractivity contribution in [1.29, 1.82) is 5.26 Å². The fourth-order valence-electron chi connectivity index (χ4n) is 0.913. The molecule has 0 fully saturated rings. The molecule has 4 nitrogen and oxygen atoms in total. The van der Waals surface area contributed by atoms with Crippen LogP contribution in [0.1, 0.15) is 25.0 Å². The summed E-state index contributed by atoms with van der Waals surface area (Å²) in [5.41, 5.74) is 2.74. The Labute approximate surface area is 115 Å². The highest BCUT2D eigenvalue weighted by Gasteiger charge is 2.19. The fraction of sp³-hybridized carbons (Fsp3) is 0.385. The van der Waals surface area contributed by atoms with Crippen LogP contribution < -0.4 is 0 Å². The van der Waals surface area contributed by atoms with Gasteiger partial charge in [0.05, 0.1) is 0 Å². The number of carbonyl (C=O) groups excluding carboxylic acids is 1. The Kier molecular flexibility index (Phi) is 9.73. The summed E-state index contributed by atoms with van der Waals surface area (Å²) in [5, 5.41) is 7.96. The third-order valence-electron chi connectivity index (χ3n) is 2.05. The van der Waals surface area contributed by atoms with Crippen LogP contribution in [-0.2, 0) is 14.3 Å². The van der Waals surface area contributed by atoms with Crippen molar-refractivity contribution in [2.45, 2.75) is 33.5 Å². The van der Waals surface area contributed by atoms with E-state index in [4.69, 9.17) is 5.26 Å². The maximum absolute atomic E-state index is 9.68. The van der Waals surface area contributed by atoms with E-state index in [1.807, 2.05) is 0 Å². The van der Waals surface area contributed by atoms with Gasteiger partial charge < -0.3 is 9.47 Å². The first kappa shape index (κ1) is 18.7. The van der Waals surface area contributed by atoms with E-state index in [9.17, 15) is 4.79 Å². The van der Waals surface area contributed by atoms with E-state index < -0.39 is 5.79 Å². The van der Waals surface area contributed by atoms with Crippen molar-refractivity contribution in [2.75, 3.05) is 0 Å². The second kappa shape index (κ2) is 9.37. The zero-order valence-electron chi connectivity index (χ0n) is 11.1. The number of ether oxygens (including phenoxy) is 2. The van der Waals surface area contributed by atoms with Gasteiger partial charge in [0.15, 0.2) is 0 Å². The summed E-state index contributed by atoms with van der Waals surface area (Å²) in [6.07, 6.45) is 1.41. The number of benzene rings is 1. The maximum atomic E-state index is 9.68. The number of rotatable bonds is 3. The van der Waals surface area contributed by atoms with Crippen LogP contribution in [0.25, 0.3) is 0 Å². The molecule has 0 aliphatic carbocycles. The summed E-state index contributed by atoms with van der Waals surface area (Å²) in [7, 11) is 0. The van der Waals surface area contributed by atoms with Gasteiger partial charge in [0, 0.05) is 13.8 Å². The van der Waals surface area contributed by atoms with Gasteiger partial charge in [0.2, 0.25) is 0 Å². The average molecular weight is 269 g/mol. The zero-order chi connectivity index (χ0) is 13.3. The number of hydrogen-bond acceptors (Lipinski definition) is 4. The zero-order valence-corrected chi connectivity index (χ0v) is 12.1. The molecule has 0 aliphatic heterocycles. The molecule has 5 heteroatoms. The van der Waals surface area contributed by atoms with E-state index in [1.54, 1.807) is 0 Å². The SMILES string of the molecule is CC(C)(OC#N)OC=O.Cc1ccccc1C.S. The van der Waals surface area contributed by atoms with Crippen molar-refractivity contribution in [3.63, 3.8) is 0 Å². The van der Waals surface area contributed by atoms with Crippen LogP contribution >= 0.6 is 13.5 Å². The topological polar surface area (TPSA) is 59.3 Å². The molecule has 0 N–H and O–H groups in total. The Balaban J connectivity index is 0. The molecule has 0 radical (unpaired) electrons. The van der Waals surface area contributed by atoms with E-state index >= 15 is 0 Å². The predicted octanol–water partition coefficient (Wildman–Crippen LogP) is 2.81. The van der Waals surface area contributed by atoms with Gasteiger partial charge in [0.1, 0.15) is 0 Å². The highest BCUT2D eigenvalue weighted by molar-refractivity contribution is 7.59. The van der Waals surface area contributed by atoms with Gasteiger partial charge in [-0.3, -0.25) is 4.79 Å². The lowest BCUT2D eigenvalue weighted by atomic mass is 10.1. The molecule has 0 heterocycles. The van der Waals surface area contributed by atoms with Crippen molar-refractivity contribution in [1.82, 2.24) is 0 Å². The lowest BCUT2D eigenvalue weighted by Crippen LogP contribution is -2.25. The van der Waals surface area contributed by atoms with E-state index in [2.05, 4.69) is 47.6 Å². The first-order valence-corrected chi connectivity index (χ1v) is 5.13. The van der Waals surface area contributed by atoms with Gasteiger partial charge in [0.25, 0.3) is 18.5 Å². The van der Waals surface area contributed by atoms with E-state index in [0.717, 1.165) is 0 Å². The molecule has 0 atom stereocenters. The van der Waals surface area contributed by atoms with Gasteiger partial charge in [-0.1, -0.05) is 24.3 Å². The monoisotopic (exact) mass is 269 g/mol. The van der Waals surface area contributed by atoms with Crippen molar-refractivity contribution >= 4 is 20.0 Å². The molecule has 1 aromatic rings. The van der Waals surface area contributed by atoms with Crippen LogP contribution in [0, 0.1) is 25.4 Å². The van der Waals surface area contributed by atoms with Crippen molar-refractivity contribution in [2.24, 2.45) is 0 Å². The van der Waals surface area contributed by atoms with Crippen molar-refractivity contribution in [3.05, 3.63) is 35.4 Å². The highest BCUT2D eigenvalue weighted by atomic mass is 32.1. The number of hydrogen-bond donors (Lipinski definition) is 0. The van der Waals surface area contributed by atoms with Gasteiger partial charge in [-0.25, -0.2) is 0 Å². The number of carbonyl (C=O) groups is 1. The van der Waals surface area contributed by atoms with Crippen LogP contribution in [0.15, 0.2) is 24.3 Å². The normalized spacial score (nSPS) is 8.83. The average Bonchev–Trinajstić information content (AvgIpc) is 2.23. The molecule has 18 heavy (non-hydrogen) atoms. The second-order valence-electron chi connectivity index (χ2n) is 3.89. The summed E-state index contributed by atoms with van der Waals surface area (Å²) in [4.78, 5) is 9.68. The Hall–Kier alpha value is -1.67. The summed E-state index contributed by atoms with van der Waals surface area (Å²) in [5.74, 6) is -1.13. The third-order valence-corrected chi connectivity index (χ3v) is 2.05. The summed E-state index contributed by atoms with van der Waals surface area (Å²) < 4.78 is 8.67. The summed E-state index contributed by atoms with van der Waals surface area (Å²) in [6.45, 7) is 7.40. The van der Waals surface area contributed by atoms with Gasteiger partial charge in [-0.15, -0.1) is 0 Å². The molecule has 0 aliphatic rings. The number of nitrogens with zero attached hydrogens (tertiary/aromatic N) is 1. The minimum Gasteiger partial charge on any atom is -0.424 e. The van der Waals surface area contributed by atoms with Gasteiger partial charge in [-0.2, -0.15) is 18.8 Å². The Morgan fingerprint density at radius 3 is 1.94 bits per heavy atom. The highest BCUT2D eigenvalue weighted by Crippen LogP contribution is 2.07. The summed E-state index contributed by atoms with van der Waals surface area (Å²) in [6, 6.07) is 8.36. The molecule has 100 valence electrons. The molecule has 0 saturated heterocycles. The van der Waals surface area contributed by atoms with Crippen molar-refractivity contribution < 1.29 is 14.3 Å². The van der Waals surface area contributed by atoms with Gasteiger partial charge >= 0.3 is 0 Å². The van der Waals surface area contributed by atoms with Crippen LogP contribution in [0.5, 0.6) is 0 Å². The quantitative estimate of drug-likeness (QED) is 0.481. The Morgan fingerprint density at radius 1 is 1.22 bits per heavy atom. The van der Waals surface area contributed by atoms with E-state index in [0.29, 0.717) is 0 Å². The maximum Gasteiger partial charge on any atom is 0.296 e. The third kappa shape index (κ3) is 8.48. The lowest BCUT2D eigenvalue weighted by Gasteiger charge is -2.17.